The number of fused-ring (bicyclic) bond motifs is 1. The largest absolute Gasteiger partial charge is 0.399 e. The fourth-order valence-corrected chi connectivity index (χ4v) is 2.57. The number of nitrogen functional groups attached to an aromatic ring is 1. The van der Waals surface area contributed by atoms with Crippen LogP contribution < -0.4 is 5.73 Å². The van der Waals surface area contributed by atoms with Gasteiger partial charge in [-0.25, -0.2) is 4.98 Å². The number of aliphatic hydroxyl groups excluding tert-OH is 1. The summed E-state index contributed by atoms with van der Waals surface area (Å²) in [4.78, 5) is 4.37. The fraction of sp³-hybridized carbons (Fsp3) is 0.0714. The third-order valence-corrected chi connectivity index (χ3v) is 3.87. The summed E-state index contributed by atoms with van der Waals surface area (Å²) in [6.45, 7) is -0.211. The van der Waals surface area contributed by atoms with Crippen molar-refractivity contribution in [3.05, 3.63) is 52.3 Å². The van der Waals surface area contributed by atoms with Crippen LogP contribution in [0, 0.1) is 0 Å². The van der Waals surface area contributed by atoms with Gasteiger partial charge in [0.15, 0.2) is 0 Å². The van der Waals surface area contributed by atoms with Crippen molar-refractivity contribution < 1.29 is 5.11 Å². The Morgan fingerprint density at radius 3 is 2.75 bits per heavy atom. The van der Waals surface area contributed by atoms with Gasteiger partial charge in [-0.05, 0) is 30.3 Å². The van der Waals surface area contributed by atoms with Gasteiger partial charge in [-0.15, -0.1) is 0 Å². The quantitative estimate of drug-likeness (QED) is 0.713. The molecule has 0 saturated carbocycles. The number of nitrogens with two attached hydrogens (primary N) is 1. The van der Waals surface area contributed by atoms with Crippen LogP contribution in [0.5, 0.6) is 0 Å². The highest BCUT2D eigenvalue weighted by Crippen LogP contribution is 2.32. The zero-order valence-electron chi connectivity index (χ0n) is 10.3. The number of aromatic nitrogens is 2. The summed E-state index contributed by atoms with van der Waals surface area (Å²) in [5, 5.41) is 10.4. The number of nitrogens with zero attached hydrogens (tertiary/aromatic N) is 2. The molecule has 0 radical (unpaired) electrons. The van der Waals surface area contributed by atoms with E-state index in [2.05, 4.69) is 4.98 Å². The molecule has 3 N–H and O–H groups in total. The second-order valence-corrected chi connectivity index (χ2v) is 5.13. The summed E-state index contributed by atoms with van der Waals surface area (Å²) in [6.07, 6.45) is 0. The third kappa shape index (κ3) is 2.02. The van der Waals surface area contributed by atoms with Gasteiger partial charge in [-0.1, -0.05) is 29.3 Å². The number of rotatable bonds is 2. The van der Waals surface area contributed by atoms with Gasteiger partial charge in [0, 0.05) is 5.69 Å². The van der Waals surface area contributed by atoms with Crippen LogP contribution in [0.2, 0.25) is 10.0 Å². The molecule has 0 spiro atoms. The minimum atomic E-state index is -0.211. The molecule has 3 aromatic rings. The average molecular weight is 308 g/mol. The maximum absolute atomic E-state index is 9.52. The first-order chi connectivity index (χ1) is 9.61. The lowest BCUT2D eigenvalue weighted by atomic mass is 10.2. The van der Waals surface area contributed by atoms with E-state index >= 15 is 0 Å². The van der Waals surface area contributed by atoms with Crippen LogP contribution in [0.3, 0.4) is 0 Å². The molecule has 0 amide bonds. The van der Waals surface area contributed by atoms with Gasteiger partial charge in [0.2, 0.25) is 0 Å². The number of hydrogen-bond donors (Lipinski definition) is 2. The number of hydrogen-bond acceptors (Lipinski definition) is 3. The van der Waals surface area contributed by atoms with Crippen LogP contribution in [0.15, 0.2) is 36.4 Å². The normalized spacial score (nSPS) is 11.2. The lowest BCUT2D eigenvalue weighted by Gasteiger charge is -2.10. The Bertz CT molecular complexity index is 798. The number of imidazole rings is 1. The molecule has 0 aliphatic rings. The van der Waals surface area contributed by atoms with Crippen LogP contribution in [0.1, 0.15) is 5.82 Å². The summed E-state index contributed by atoms with van der Waals surface area (Å²) in [5.41, 5.74) is 8.56. The molecule has 0 fully saturated rings. The van der Waals surface area contributed by atoms with Crippen LogP contribution in [0.4, 0.5) is 5.69 Å². The first kappa shape index (κ1) is 13.2. The van der Waals surface area contributed by atoms with E-state index in [0.717, 1.165) is 5.52 Å². The van der Waals surface area contributed by atoms with Gasteiger partial charge in [-0.2, -0.15) is 0 Å². The maximum Gasteiger partial charge on any atom is 0.140 e. The molecule has 0 atom stereocenters. The second kappa shape index (κ2) is 4.98. The SMILES string of the molecule is Nc1ccc2c(c1)nc(CO)n2-c1cccc(Cl)c1Cl. The van der Waals surface area contributed by atoms with E-state index in [9.17, 15) is 5.11 Å². The van der Waals surface area contributed by atoms with Crippen LogP contribution >= 0.6 is 23.2 Å². The van der Waals surface area contributed by atoms with Crippen LogP contribution in [-0.2, 0) is 6.61 Å². The van der Waals surface area contributed by atoms with E-state index < -0.39 is 0 Å². The van der Waals surface area contributed by atoms with E-state index in [-0.39, 0.29) is 6.61 Å². The van der Waals surface area contributed by atoms with Gasteiger partial charge in [0.1, 0.15) is 12.4 Å². The third-order valence-electron chi connectivity index (χ3n) is 3.06. The van der Waals surface area contributed by atoms with Gasteiger partial charge in [0.05, 0.1) is 26.8 Å². The van der Waals surface area contributed by atoms with Crippen molar-refractivity contribution in [1.82, 2.24) is 9.55 Å². The van der Waals surface area contributed by atoms with E-state index in [1.54, 1.807) is 28.8 Å². The van der Waals surface area contributed by atoms with Crippen molar-refractivity contribution in [2.45, 2.75) is 6.61 Å². The van der Waals surface area contributed by atoms with E-state index in [1.807, 2.05) is 12.1 Å². The molecule has 102 valence electrons. The molecule has 3 rings (SSSR count). The molecule has 0 bridgehead atoms. The Kier molecular flexibility index (Phi) is 3.30. The lowest BCUT2D eigenvalue weighted by molar-refractivity contribution is 0.270. The first-order valence-corrected chi connectivity index (χ1v) is 6.69. The highest BCUT2D eigenvalue weighted by Gasteiger charge is 2.15. The van der Waals surface area contributed by atoms with Gasteiger partial charge < -0.3 is 10.8 Å². The molecule has 0 saturated heterocycles. The second-order valence-electron chi connectivity index (χ2n) is 4.34. The fourth-order valence-electron chi connectivity index (χ4n) is 2.19. The van der Waals surface area contributed by atoms with Gasteiger partial charge in [-0.3, -0.25) is 4.57 Å². The minimum Gasteiger partial charge on any atom is -0.399 e. The monoisotopic (exact) mass is 307 g/mol. The highest BCUT2D eigenvalue weighted by atomic mass is 35.5. The number of anilines is 1. The van der Waals surface area contributed by atoms with Crippen molar-refractivity contribution in [2.75, 3.05) is 5.73 Å². The van der Waals surface area contributed by atoms with E-state index in [0.29, 0.717) is 32.8 Å². The highest BCUT2D eigenvalue weighted by molar-refractivity contribution is 6.43. The summed E-state index contributed by atoms with van der Waals surface area (Å²) in [7, 11) is 0. The topological polar surface area (TPSA) is 64.1 Å². The van der Waals surface area contributed by atoms with Crippen molar-refractivity contribution >= 4 is 39.9 Å². The zero-order chi connectivity index (χ0) is 14.3. The molecular formula is C14H11Cl2N3O. The van der Waals surface area contributed by atoms with E-state index in [1.165, 1.54) is 0 Å². The molecule has 2 aromatic carbocycles. The van der Waals surface area contributed by atoms with Crippen molar-refractivity contribution in [1.29, 1.82) is 0 Å². The minimum absolute atomic E-state index is 0.211. The number of halogens is 2. The molecule has 4 nitrogen and oxygen atoms in total. The summed E-state index contributed by atoms with van der Waals surface area (Å²) >= 11 is 12.3. The van der Waals surface area contributed by atoms with Crippen molar-refractivity contribution in [2.24, 2.45) is 0 Å². The molecule has 0 aliphatic carbocycles. The standard InChI is InChI=1S/C14H11Cl2N3O/c15-9-2-1-3-12(14(9)16)19-11-5-4-8(17)6-10(11)18-13(19)7-20/h1-6,20H,7,17H2. The molecular weight excluding hydrogens is 297 g/mol. The summed E-state index contributed by atoms with van der Waals surface area (Å²) in [6, 6.07) is 10.7. The Morgan fingerprint density at radius 2 is 2.00 bits per heavy atom. The molecule has 6 heteroatoms. The smallest absolute Gasteiger partial charge is 0.140 e. The van der Waals surface area contributed by atoms with E-state index in [4.69, 9.17) is 28.9 Å². The van der Waals surface area contributed by atoms with Gasteiger partial charge >= 0.3 is 0 Å². The molecule has 20 heavy (non-hydrogen) atoms. The molecule has 0 aliphatic heterocycles. The number of benzene rings is 2. The number of aliphatic hydroxyl groups is 1. The molecule has 1 heterocycles. The Hall–Kier alpha value is -1.75. The predicted octanol–water partition coefficient (Wildman–Crippen LogP) is 3.41. The predicted molar refractivity (Wildman–Crippen MR) is 81.4 cm³/mol. The maximum atomic E-state index is 9.52. The van der Waals surface area contributed by atoms with Crippen LogP contribution in [-0.4, -0.2) is 14.7 Å². The molecule has 0 unspecified atom stereocenters. The Labute approximate surface area is 125 Å². The lowest BCUT2D eigenvalue weighted by Crippen LogP contribution is -2.02. The van der Waals surface area contributed by atoms with Crippen LogP contribution in [0.25, 0.3) is 16.7 Å². The van der Waals surface area contributed by atoms with Gasteiger partial charge in [0.25, 0.3) is 0 Å². The Balaban J connectivity index is 2.37. The zero-order valence-corrected chi connectivity index (χ0v) is 11.9. The summed E-state index contributed by atoms with van der Waals surface area (Å²) < 4.78 is 1.78. The average Bonchev–Trinajstić information content (AvgIpc) is 2.79. The first-order valence-electron chi connectivity index (χ1n) is 5.94. The Morgan fingerprint density at radius 1 is 1.20 bits per heavy atom. The van der Waals surface area contributed by atoms with Crippen molar-refractivity contribution in [3.8, 4) is 5.69 Å². The van der Waals surface area contributed by atoms with Crippen molar-refractivity contribution in [3.63, 3.8) is 0 Å². The summed E-state index contributed by atoms with van der Waals surface area (Å²) in [5.74, 6) is 0.481. The molecule has 1 aromatic heterocycles.